The van der Waals surface area contributed by atoms with Gasteiger partial charge in [-0.1, -0.05) is 36.4 Å². The maximum absolute atomic E-state index is 12.3. The number of nitrogen functional groups attached to an aromatic ring is 1. The van der Waals surface area contributed by atoms with E-state index in [9.17, 15) is 4.79 Å². The Labute approximate surface area is 121 Å². The number of hydrogen-bond acceptors (Lipinski definition) is 4. The molecule has 0 aliphatic carbocycles. The number of hydrogen-bond donors (Lipinski definition) is 1. The quantitative estimate of drug-likeness (QED) is 0.733. The lowest BCUT2D eigenvalue weighted by Gasteiger charge is -2.07. The first-order chi connectivity index (χ1) is 10.2. The first-order valence-corrected chi connectivity index (χ1v) is 6.56. The van der Waals surface area contributed by atoms with Crippen LogP contribution in [0, 0.1) is 0 Å². The van der Waals surface area contributed by atoms with Crippen molar-refractivity contribution < 1.29 is 0 Å². The molecule has 0 aliphatic rings. The summed E-state index contributed by atoms with van der Waals surface area (Å²) in [4.78, 5) is 20.8. The van der Waals surface area contributed by atoms with Gasteiger partial charge in [-0.25, -0.2) is 4.98 Å². The molecule has 0 aliphatic heterocycles. The molecular formula is C15H15N5O. The summed E-state index contributed by atoms with van der Waals surface area (Å²) in [6, 6.07) is 9.91. The highest BCUT2D eigenvalue weighted by Gasteiger charge is 2.13. The van der Waals surface area contributed by atoms with Crippen LogP contribution in [0.2, 0.25) is 0 Å². The van der Waals surface area contributed by atoms with Crippen molar-refractivity contribution in [2.45, 2.75) is 13.1 Å². The van der Waals surface area contributed by atoms with Crippen molar-refractivity contribution in [2.24, 2.45) is 0 Å². The first kappa shape index (κ1) is 13.1. The highest BCUT2D eigenvalue weighted by molar-refractivity contribution is 5.71. The largest absolute Gasteiger partial charge is 0.369 e. The summed E-state index contributed by atoms with van der Waals surface area (Å²) in [5.74, 6) is 0.169. The van der Waals surface area contributed by atoms with Crippen LogP contribution in [0.5, 0.6) is 0 Å². The third-order valence-electron chi connectivity index (χ3n) is 3.26. The number of imidazole rings is 1. The maximum atomic E-state index is 12.3. The molecule has 6 nitrogen and oxygen atoms in total. The van der Waals surface area contributed by atoms with Gasteiger partial charge >= 0.3 is 0 Å². The third kappa shape index (κ3) is 2.31. The Morgan fingerprint density at radius 3 is 2.76 bits per heavy atom. The summed E-state index contributed by atoms with van der Waals surface area (Å²) in [6.07, 6.45) is 3.22. The normalized spacial score (nSPS) is 10.9. The minimum absolute atomic E-state index is 0.169. The SMILES string of the molecule is C=CCn1c(N)nc2c(ncn2Cc2ccccc2)c1=O. The van der Waals surface area contributed by atoms with Gasteiger partial charge in [0.1, 0.15) is 0 Å². The van der Waals surface area contributed by atoms with Crippen LogP contribution < -0.4 is 11.3 Å². The van der Waals surface area contributed by atoms with E-state index in [2.05, 4.69) is 16.5 Å². The third-order valence-corrected chi connectivity index (χ3v) is 3.26. The van der Waals surface area contributed by atoms with Crippen LogP contribution in [0.1, 0.15) is 5.56 Å². The molecular weight excluding hydrogens is 266 g/mol. The summed E-state index contributed by atoms with van der Waals surface area (Å²) in [7, 11) is 0. The summed E-state index contributed by atoms with van der Waals surface area (Å²) >= 11 is 0. The highest BCUT2D eigenvalue weighted by Crippen LogP contribution is 2.11. The van der Waals surface area contributed by atoms with Gasteiger partial charge < -0.3 is 10.3 Å². The molecule has 0 saturated heterocycles. The zero-order valence-corrected chi connectivity index (χ0v) is 11.4. The van der Waals surface area contributed by atoms with Crippen LogP contribution in [0.25, 0.3) is 11.2 Å². The number of nitrogens with zero attached hydrogens (tertiary/aromatic N) is 4. The van der Waals surface area contributed by atoms with Gasteiger partial charge in [-0.3, -0.25) is 9.36 Å². The van der Waals surface area contributed by atoms with Gasteiger partial charge in [-0.05, 0) is 5.56 Å². The molecule has 6 heteroatoms. The van der Waals surface area contributed by atoms with Gasteiger partial charge in [-0.15, -0.1) is 6.58 Å². The lowest BCUT2D eigenvalue weighted by Crippen LogP contribution is -2.24. The Hall–Kier alpha value is -2.89. The van der Waals surface area contributed by atoms with Crippen molar-refractivity contribution in [2.75, 3.05) is 5.73 Å². The summed E-state index contributed by atoms with van der Waals surface area (Å²) in [5.41, 5.74) is 7.54. The van der Waals surface area contributed by atoms with Crippen LogP contribution in [0.4, 0.5) is 5.95 Å². The van der Waals surface area contributed by atoms with E-state index in [0.717, 1.165) is 5.56 Å². The molecule has 0 fully saturated rings. The van der Waals surface area contributed by atoms with Crippen molar-refractivity contribution in [3.05, 3.63) is 65.2 Å². The van der Waals surface area contributed by atoms with E-state index in [-0.39, 0.29) is 11.5 Å². The molecule has 0 amide bonds. The van der Waals surface area contributed by atoms with E-state index >= 15 is 0 Å². The first-order valence-electron chi connectivity index (χ1n) is 6.56. The van der Waals surface area contributed by atoms with E-state index in [1.807, 2.05) is 34.9 Å². The Balaban J connectivity index is 2.11. The van der Waals surface area contributed by atoms with Gasteiger partial charge in [0.15, 0.2) is 11.2 Å². The monoisotopic (exact) mass is 281 g/mol. The number of allylic oxidation sites excluding steroid dienone is 1. The molecule has 2 aromatic heterocycles. The van der Waals surface area contributed by atoms with Gasteiger partial charge in [0.05, 0.1) is 12.9 Å². The molecule has 3 aromatic rings. The van der Waals surface area contributed by atoms with Crippen LogP contribution >= 0.6 is 0 Å². The topological polar surface area (TPSA) is 78.7 Å². The minimum Gasteiger partial charge on any atom is -0.369 e. The molecule has 0 saturated carbocycles. The molecule has 2 N–H and O–H groups in total. The second-order valence-corrected chi connectivity index (χ2v) is 4.70. The minimum atomic E-state index is -0.246. The lowest BCUT2D eigenvalue weighted by molar-refractivity contribution is 0.771. The van der Waals surface area contributed by atoms with Crippen molar-refractivity contribution in [3.8, 4) is 0 Å². The lowest BCUT2D eigenvalue weighted by atomic mass is 10.2. The summed E-state index contributed by atoms with van der Waals surface area (Å²) in [5, 5.41) is 0. The molecule has 3 rings (SSSR count). The van der Waals surface area contributed by atoms with E-state index < -0.39 is 0 Å². The number of anilines is 1. The van der Waals surface area contributed by atoms with Gasteiger partial charge in [0, 0.05) is 6.54 Å². The van der Waals surface area contributed by atoms with Crippen molar-refractivity contribution >= 4 is 17.1 Å². The molecule has 0 bridgehead atoms. The fraction of sp³-hybridized carbons (Fsp3) is 0.133. The van der Waals surface area contributed by atoms with E-state index in [4.69, 9.17) is 5.73 Å². The maximum Gasteiger partial charge on any atom is 0.283 e. The highest BCUT2D eigenvalue weighted by atomic mass is 16.1. The summed E-state index contributed by atoms with van der Waals surface area (Å²) < 4.78 is 3.18. The van der Waals surface area contributed by atoms with Gasteiger partial charge in [-0.2, -0.15) is 4.98 Å². The predicted molar refractivity (Wildman–Crippen MR) is 81.9 cm³/mol. The van der Waals surface area contributed by atoms with E-state index in [0.29, 0.717) is 24.3 Å². The number of rotatable bonds is 4. The van der Waals surface area contributed by atoms with E-state index in [1.165, 1.54) is 4.57 Å². The Morgan fingerprint density at radius 2 is 2.05 bits per heavy atom. The zero-order valence-electron chi connectivity index (χ0n) is 11.4. The molecule has 21 heavy (non-hydrogen) atoms. The van der Waals surface area contributed by atoms with Crippen LogP contribution in [-0.4, -0.2) is 19.1 Å². The molecule has 0 atom stereocenters. The molecule has 0 unspecified atom stereocenters. The van der Waals surface area contributed by atoms with Crippen LogP contribution in [-0.2, 0) is 13.1 Å². The Kier molecular flexibility index (Phi) is 3.27. The molecule has 106 valence electrons. The zero-order chi connectivity index (χ0) is 14.8. The smallest absolute Gasteiger partial charge is 0.283 e. The Bertz CT molecular complexity index is 848. The number of aromatic nitrogens is 4. The van der Waals surface area contributed by atoms with Crippen molar-refractivity contribution in [3.63, 3.8) is 0 Å². The average molecular weight is 281 g/mol. The molecule has 0 spiro atoms. The molecule has 1 aromatic carbocycles. The standard InChI is InChI=1S/C15H15N5O/c1-2-8-20-14(21)12-13(18-15(20)16)19(10-17-12)9-11-6-4-3-5-7-11/h2-7,10H,1,8-9H2,(H2,16,18). The fourth-order valence-electron chi connectivity index (χ4n) is 2.25. The second kappa shape index (κ2) is 5.24. The van der Waals surface area contributed by atoms with Gasteiger partial charge in [0.25, 0.3) is 5.56 Å². The fourth-order valence-corrected chi connectivity index (χ4v) is 2.25. The van der Waals surface area contributed by atoms with Gasteiger partial charge in [0.2, 0.25) is 5.95 Å². The van der Waals surface area contributed by atoms with Crippen molar-refractivity contribution in [1.29, 1.82) is 0 Å². The second-order valence-electron chi connectivity index (χ2n) is 4.70. The molecule has 0 radical (unpaired) electrons. The summed E-state index contributed by atoms with van der Waals surface area (Å²) in [6.45, 7) is 4.52. The van der Waals surface area contributed by atoms with Crippen LogP contribution in [0.3, 0.4) is 0 Å². The number of nitrogens with two attached hydrogens (primary N) is 1. The predicted octanol–water partition coefficient (Wildman–Crippen LogP) is 1.41. The van der Waals surface area contributed by atoms with Crippen LogP contribution in [0.15, 0.2) is 54.1 Å². The van der Waals surface area contributed by atoms with Crippen molar-refractivity contribution in [1.82, 2.24) is 19.1 Å². The average Bonchev–Trinajstić information content (AvgIpc) is 2.88. The molecule has 2 heterocycles. The van der Waals surface area contributed by atoms with E-state index in [1.54, 1.807) is 12.4 Å². The Morgan fingerprint density at radius 1 is 1.29 bits per heavy atom. The number of fused-ring (bicyclic) bond motifs is 1. The number of benzene rings is 1.